The number of Topliss-reactive ketones (excluding diaryl/α,β-unsaturated/α-hetero) is 1. The summed E-state index contributed by atoms with van der Waals surface area (Å²) < 4.78 is 30.2. The smallest absolute Gasteiger partial charge is 0.318 e. The van der Waals surface area contributed by atoms with Crippen LogP contribution < -0.4 is 10.2 Å². The van der Waals surface area contributed by atoms with Crippen molar-refractivity contribution in [3.8, 4) is 0 Å². The largest absolute Gasteiger partial charge is 0.366 e. The third-order valence-electron chi connectivity index (χ3n) is 5.83. The van der Waals surface area contributed by atoms with E-state index in [0.29, 0.717) is 48.8 Å². The normalized spacial score (nSPS) is 14.8. The highest BCUT2D eigenvalue weighted by Gasteiger charge is 2.27. The molecule has 0 spiro atoms. The van der Waals surface area contributed by atoms with Crippen LogP contribution in [0.5, 0.6) is 0 Å². The molecule has 1 atom stereocenters. The molecule has 9 heteroatoms. The monoisotopic (exact) mass is 453 g/mol. The van der Waals surface area contributed by atoms with Crippen molar-refractivity contribution in [1.29, 1.82) is 0 Å². The van der Waals surface area contributed by atoms with Crippen molar-refractivity contribution in [2.24, 2.45) is 7.05 Å². The summed E-state index contributed by atoms with van der Waals surface area (Å²) in [6.45, 7) is 3.05. The molecule has 1 saturated heterocycles. The van der Waals surface area contributed by atoms with Crippen LogP contribution in [0.25, 0.3) is 0 Å². The zero-order valence-corrected chi connectivity index (χ0v) is 18.5. The van der Waals surface area contributed by atoms with E-state index in [1.165, 1.54) is 25.1 Å². The summed E-state index contributed by atoms with van der Waals surface area (Å²) in [6, 6.07) is 9.59. The molecule has 3 aromatic rings. The Kier molecular flexibility index (Phi) is 6.39. The number of nitrogens with zero attached hydrogens (tertiary/aromatic N) is 4. The summed E-state index contributed by atoms with van der Waals surface area (Å²) in [5.74, 6) is -0.461. The van der Waals surface area contributed by atoms with Crippen molar-refractivity contribution in [3.05, 3.63) is 83.4 Å². The number of aromatic nitrogens is 2. The Morgan fingerprint density at radius 1 is 1.06 bits per heavy atom. The summed E-state index contributed by atoms with van der Waals surface area (Å²) in [6.07, 6.45) is 3.39. The molecular formula is C24H25F2N5O2. The predicted molar refractivity (Wildman–Crippen MR) is 120 cm³/mol. The number of aryl methyl sites for hydroxylation is 1. The first-order valence-corrected chi connectivity index (χ1v) is 10.7. The van der Waals surface area contributed by atoms with Gasteiger partial charge in [-0.3, -0.25) is 4.79 Å². The lowest BCUT2D eigenvalue weighted by Gasteiger charge is -2.37. The van der Waals surface area contributed by atoms with Crippen LogP contribution in [0.3, 0.4) is 0 Å². The predicted octanol–water partition coefficient (Wildman–Crippen LogP) is 3.52. The van der Waals surface area contributed by atoms with Gasteiger partial charge in [-0.15, -0.1) is 0 Å². The van der Waals surface area contributed by atoms with Crippen molar-refractivity contribution >= 4 is 17.5 Å². The molecule has 2 heterocycles. The van der Waals surface area contributed by atoms with E-state index >= 15 is 0 Å². The van der Waals surface area contributed by atoms with E-state index in [1.807, 2.05) is 11.9 Å². The number of piperazine rings is 1. The van der Waals surface area contributed by atoms with Crippen LogP contribution in [0.15, 0.2) is 54.9 Å². The van der Waals surface area contributed by atoms with Crippen LogP contribution >= 0.6 is 0 Å². The minimum absolute atomic E-state index is 0.192. The zero-order valence-electron chi connectivity index (χ0n) is 18.5. The van der Waals surface area contributed by atoms with E-state index in [2.05, 4.69) is 10.3 Å². The maximum Gasteiger partial charge on any atom is 0.318 e. The minimum Gasteiger partial charge on any atom is -0.366 e. The number of carbonyl (C=O) groups is 2. The Hall–Kier alpha value is -3.75. The maximum absolute atomic E-state index is 14.5. The molecule has 1 aromatic heterocycles. The molecular weight excluding hydrogens is 428 g/mol. The highest BCUT2D eigenvalue weighted by Crippen LogP contribution is 2.24. The summed E-state index contributed by atoms with van der Waals surface area (Å²) in [4.78, 5) is 32.4. The van der Waals surface area contributed by atoms with Gasteiger partial charge in [0.15, 0.2) is 5.78 Å². The first-order valence-electron chi connectivity index (χ1n) is 10.7. The van der Waals surface area contributed by atoms with Gasteiger partial charge in [-0.2, -0.15) is 0 Å². The topological polar surface area (TPSA) is 70.5 Å². The fourth-order valence-corrected chi connectivity index (χ4v) is 3.99. The number of urea groups is 1. The van der Waals surface area contributed by atoms with E-state index in [1.54, 1.807) is 46.1 Å². The molecule has 1 aliphatic heterocycles. The number of rotatable bonds is 5. The van der Waals surface area contributed by atoms with E-state index in [0.717, 1.165) is 0 Å². The molecule has 0 aliphatic carbocycles. The first-order chi connectivity index (χ1) is 15.8. The lowest BCUT2D eigenvalue weighted by Crippen LogP contribution is -2.52. The summed E-state index contributed by atoms with van der Waals surface area (Å²) in [5, 5.41) is 2.97. The van der Waals surface area contributed by atoms with Crippen molar-refractivity contribution < 1.29 is 18.4 Å². The first kappa shape index (κ1) is 22.4. The Bertz CT molecular complexity index is 1170. The van der Waals surface area contributed by atoms with Gasteiger partial charge in [0.05, 0.1) is 5.69 Å². The highest BCUT2D eigenvalue weighted by atomic mass is 19.1. The fraction of sp³-hybridized carbons (Fsp3) is 0.292. The van der Waals surface area contributed by atoms with Crippen molar-refractivity contribution in [1.82, 2.24) is 19.8 Å². The van der Waals surface area contributed by atoms with Gasteiger partial charge in [0.2, 0.25) is 0 Å². The van der Waals surface area contributed by atoms with Crippen LogP contribution in [0.2, 0.25) is 0 Å². The molecule has 1 unspecified atom stereocenters. The second-order valence-electron chi connectivity index (χ2n) is 8.03. The number of carbonyl (C=O) groups excluding carboxylic acids is 2. The van der Waals surface area contributed by atoms with E-state index < -0.39 is 17.7 Å². The molecule has 0 radical (unpaired) electrons. The van der Waals surface area contributed by atoms with Crippen LogP contribution in [-0.2, 0) is 7.05 Å². The van der Waals surface area contributed by atoms with Gasteiger partial charge in [-0.25, -0.2) is 18.6 Å². The Labute approximate surface area is 190 Å². The SMILES string of the molecule is CC(=O)c1ccc(N2CCN(C(=O)NC(c3cccc(F)c3)c3nccn3C)CC2)c(F)c1. The average Bonchev–Trinajstić information content (AvgIpc) is 3.22. The van der Waals surface area contributed by atoms with Gasteiger partial charge < -0.3 is 19.7 Å². The quantitative estimate of drug-likeness (QED) is 0.600. The van der Waals surface area contributed by atoms with Gasteiger partial charge in [0.25, 0.3) is 0 Å². The lowest BCUT2D eigenvalue weighted by molar-refractivity contribution is 0.101. The lowest BCUT2D eigenvalue weighted by atomic mass is 10.1. The van der Waals surface area contributed by atoms with Crippen LogP contribution in [0, 0.1) is 11.6 Å². The summed E-state index contributed by atoms with van der Waals surface area (Å²) in [5.41, 5.74) is 1.32. The number of imidazole rings is 1. The molecule has 0 saturated carbocycles. The summed E-state index contributed by atoms with van der Waals surface area (Å²) in [7, 11) is 1.81. The van der Waals surface area contributed by atoms with Crippen molar-refractivity contribution in [2.75, 3.05) is 31.1 Å². The number of halogens is 2. The van der Waals surface area contributed by atoms with Gasteiger partial charge >= 0.3 is 6.03 Å². The number of ketones is 1. The number of hydrogen-bond acceptors (Lipinski definition) is 4. The molecule has 1 aliphatic rings. The molecule has 2 aromatic carbocycles. The van der Waals surface area contributed by atoms with Gasteiger partial charge in [-0.1, -0.05) is 12.1 Å². The maximum atomic E-state index is 14.5. The molecule has 2 amide bonds. The average molecular weight is 453 g/mol. The summed E-state index contributed by atoms with van der Waals surface area (Å²) >= 11 is 0. The highest BCUT2D eigenvalue weighted by molar-refractivity contribution is 5.94. The number of amides is 2. The second kappa shape index (κ2) is 9.40. The second-order valence-corrected chi connectivity index (χ2v) is 8.03. The van der Waals surface area contributed by atoms with E-state index in [4.69, 9.17) is 0 Å². The standard InChI is InChI=1S/C24H25F2N5O2/c1-16(32)17-6-7-21(20(26)15-17)30-10-12-31(13-11-30)24(33)28-22(23-27-8-9-29(23)2)18-4-3-5-19(25)14-18/h3-9,14-15,22H,10-13H2,1-2H3,(H,28,33). The fourth-order valence-electron chi connectivity index (χ4n) is 3.99. The number of anilines is 1. The molecule has 1 fully saturated rings. The van der Waals surface area contributed by atoms with Crippen LogP contribution in [-0.4, -0.2) is 52.4 Å². The Balaban J connectivity index is 1.45. The number of nitrogens with one attached hydrogen (secondary N) is 1. The number of hydrogen-bond donors (Lipinski definition) is 1. The van der Waals surface area contributed by atoms with Gasteiger partial charge in [0.1, 0.15) is 23.5 Å². The Morgan fingerprint density at radius 2 is 1.82 bits per heavy atom. The molecule has 172 valence electrons. The van der Waals surface area contributed by atoms with Gasteiger partial charge in [-0.05, 0) is 42.8 Å². The molecule has 33 heavy (non-hydrogen) atoms. The van der Waals surface area contributed by atoms with Gasteiger partial charge in [0, 0.05) is 51.2 Å². The van der Waals surface area contributed by atoms with Crippen molar-refractivity contribution in [3.63, 3.8) is 0 Å². The molecule has 7 nitrogen and oxygen atoms in total. The van der Waals surface area contributed by atoms with Crippen molar-refractivity contribution in [2.45, 2.75) is 13.0 Å². The number of benzene rings is 2. The third kappa shape index (κ3) is 4.87. The molecule has 1 N–H and O–H groups in total. The molecule has 0 bridgehead atoms. The third-order valence-corrected chi connectivity index (χ3v) is 5.83. The zero-order chi connectivity index (χ0) is 23.5. The molecule has 4 rings (SSSR count). The van der Waals surface area contributed by atoms with Crippen LogP contribution in [0.1, 0.15) is 34.7 Å². The Morgan fingerprint density at radius 3 is 2.42 bits per heavy atom. The minimum atomic E-state index is -0.622. The van der Waals surface area contributed by atoms with E-state index in [-0.39, 0.29) is 11.8 Å². The van der Waals surface area contributed by atoms with Crippen LogP contribution in [0.4, 0.5) is 19.3 Å². The van der Waals surface area contributed by atoms with E-state index in [9.17, 15) is 18.4 Å².